The normalized spacial score (nSPS) is 13.8. The lowest BCUT2D eigenvalue weighted by Crippen LogP contribution is -2.39. The van der Waals surface area contributed by atoms with E-state index in [1.165, 1.54) is 12.1 Å². The predicted octanol–water partition coefficient (Wildman–Crippen LogP) is 2.26. The molecule has 1 rings (SSSR count). The van der Waals surface area contributed by atoms with Gasteiger partial charge in [-0.15, -0.1) is 13.2 Å². The standard InChI is InChI=1S/C11H10F6N2O2/c12-10(13,14)5-19-8(9(18)20)6-3-1-2-4-7(6)21-11(15,16)17/h1-4,8,19H,5H2,(H2,18,20). The average Bonchev–Trinajstić information content (AvgIpc) is 2.27. The molecule has 1 amide bonds. The summed E-state index contributed by atoms with van der Waals surface area (Å²) >= 11 is 0. The molecule has 0 radical (unpaired) electrons. The van der Waals surface area contributed by atoms with Crippen molar-refractivity contribution in [3.05, 3.63) is 29.8 Å². The quantitative estimate of drug-likeness (QED) is 0.819. The van der Waals surface area contributed by atoms with Gasteiger partial charge in [0.05, 0.1) is 6.54 Å². The molecule has 0 spiro atoms. The van der Waals surface area contributed by atoms with Gasteiger partial charge in [-0.2, -0.15) is 13.2 Å². The molecule has 21 heavy (non-hydrogen) atoms. The van der Waals surface area contributed by atoms with Crippen LogP contribution in [0.1, 0.15) is 11.6 Å². The lowest BCUT2D eigenvalue weighted by molar-refractivity contribution is -0.275. The number of rotatable bonds is 5. The third kappa shape index (κ3) is 5.90. The zero-order chi connectivity index (χ0) is 16.3. The van der Waals surface area contributed by atoms with E-state index in [1.807, 2.05) is 0 Å². The highest BCUT2D eigenvalue weighted by Gasteiger charge is 2.35. The molecule has 0 aliphatic rings. The Morgan fingerprint density at radius 3 is 2.24 bits per heavy atom. The van der Waals surface area contributed by atoms with E-state index in [-0.39, 0.29) is 0 Å². The summed E-state index contributed by atoms with van der Waals surface area (Å²) in [7, 11) is 0. The van der Waals surface area contributed by atoms with E-state index in [1.54, 1.807) is 5.32 Å². The number of amides is 1. The highest BCUT2D eigenvalue weighted by atomic mass is 19.4. The predicted molar refractivity (Wildman–Crippen MR) is 59.1 cm³/mol. The molecule has 0 aliphatic heterocycles. The van der Waals surface area contributed by atoms with Crippen LogP contribution in [0.2, 0.25) is 0 Å². The first-order valence-electron chi connectivity index (χ1n) is 5.44. The summed E-state index contributed by atoms with van der Waals surface area (Å²) in [5, 5.41) is 1.75. The highest BCUT2D eigenvalue weighted by molar-refractivity contribution is 5.82. The van der Waals surface area contributed by atoms with Crippen LogP contribution in [-0.2, 0) is 4.79 Å². The Labute approximate surface area is 114 Å². The van der Waals surface area contributed by atoms with Crippen molar-refractivity contribution in [3.8, 4) is 5.75 Å². The van der Waals surface area contributed by atoms with Crippen LogP contribution in [0.15, 0.2) is 24.3 Å². The first-order valence-corrected chi connectivity index (χ1v) is 5.44. The van der Waals surface area contributed by atoms with Crippen LogP contribution < -0.4 is 15.8 Å². The molecule has 0 aliphatic carbocycles. The number of hydrogen-bond donors (Lipinski definition) is 2. The van der Waals surface area contributed by atoms with Gasteiger partial charge in [0.2, 0.25) is 5.91 Å². The zero-order valence-corrected chi connectivity index (χ0v) is 10.3. The van der Waals surface area contributed by atoms with Crippen molar-refractivity contribution >= 4 is 5.91 Å². The van der Waals surface area contributed by atoms with Crippen molar-refractivity contribution in [1.82, 2.24) is 5.32 Å². The number of halogens is 6. The first kappa shape index (κ1) is 17.1. The number of ether oxygens (including phenoxy) is 1. The van der Waals surface area contributed by atoms with E-state index >= 15 is 0 Å². The molecule has 1 unspecified atom stereocenters. The molecule has 4 nitrogen and oxygen atoms in total. The molecule has 0 saturated carbocycles. The Bertz CT molecular complexity index is 500. The molecule has 1 aromatic rings. The van der Waals surface area contributed by atoms with Crippen LogP contribution in [0.4, 0.5) is 26.3 Å². The molecule has 0 saturated heterocycles. The van der Waals surface area contributed by atoms with E-state index in [2.05, 4.69) is 4.74 Å². The largest absolute Gasteiger partial charge is 0.573 e. The molecular formula is C11H10F6N2O2. The minimum atomic E-state index is -5.05. The summed E-state index contributed by atoms with van der Waals surface area (Å²) in [5.41, 5.74) is 4.49. The summed E-state index contributed by atoms with van der Waals surface area (Å²) in [6.07, 6.45) is -9.71. The van der Waals surface area contributed by atoms with Gasteiger partial charge in [-0.25, -0.2) is 0 Å². The zero-order valence-electron chi connectivity index (χ0n) is 10.3. The Balaban J connectivity index is 3.06. The average molecular weight is 316 g/mol. The summed E-state index contributed by atoms with van der Waals surface area (Å²) in [4.78, 5) is 11.2. The second-order valence-corrected chi connectivity index (χ2v) is 3.92. The minimum absolute atomic E-state index is 0.438. The molecule has 0 heterocycles. The van der Waals surface area contributed by atoms with Gasteiger partial charge < -0.3 is 10.5 Å². The van der Waals surface area contributed by atoms with Gasteiger partial charge in [-0.1, -0.05) is 18.2 Å². The molecule has 3 N–H and O–H groups in total. The number of nitrogens with one attached hydrogen (secondary N) is 1. The van der Waals surface area contributed by atoms with Crippen LogP contribution in [0, 0.1) is 0 Å². The first-order chi connectivity index (χ1) is 9.49. The fourth-order valence-electron chi connectivity index (χ4n) is 1.52. The van der Waals surface area contributed by atoms with Crippen LogP contribution in [-0.4, -0.2) is 25.0 Å². The van der Waals surface area contributed by atoms with Gasteiger partial charge in [-0.05, 0) is 6.07 Å². The smallest absolute Gasteiger partial charge is 0.405 e. The van der Waals surface area contributed by atoms with Crippen molar-refractivity contribution in [3.63, 3.8) is 0 Å². The van der Waals surface area contributed by atoms with Gasteiger partial charge >= 0.3 is 12.5 Å². The second kappa shape index (κ2) is 6.20. The van der Waals surface area contributed by atoms with Gasteiger partial charge in [0.15, 0.2) is 0 Å². The monoisotopic (exact) mass is 316 g/mol. The summed E-state index contributed by atoms with van der Waals surface area (Å²) in [6, 6.07) is 2.52. The fraction of sp³-hybridized carbons (Fsp3) is 0.364. The number of carbonyl (C=O) groups excluding carboxylic acids is 1. The van der Waals surface area contributed by atoms with Gasteiger partial charge in [-0.3, -0.25) is 10.1 Å². The lowest BCUT2D eigenvalue weighted by Gasteiger charge is -2.20. The van der Waals surface area contributed by atoms with Crippen molar-refractivity contribution in [2.45, 2.75) is 18.6 Å². The Morgan fingerprint density at radius 2 is 1.76 bits per heavy atom. The van der Waals surface area contributed by atoms with Crippen LogP contribution >= 0.6 is 0 Å². The SMILES string of the molecule is NC(=O)C(NCC(F)(F)F)c1ccccc1OC(F)(F)F. The topological polar surface area (TPSA) is 64.4 Å². The number of hydrogen-bond acceptors (Lipinski definition) is 3. The van der Waals surface area contributed by atoms with Crippen molar-refractivity contribution < 1.29 is 35.9 Å². The van der Waals surface area contributed by atoms with E-state index in [0.717, 1.165) is 12.1 Å². The van der Waals surface area contributed by atoms with Gasteiger partial charge in [0.25, 0.3) is 0 Å². The Morgan fingerprint density at radius 1 is 1.19 bits per heavy atom. The van der Waals surface area contributed by atoms with Crippen molar-refractivity contribution in [2.24, 2.45) is 5.73 Å². The number of benzene rings is 1. The number of carbonyl (C=O) groups is 1. The third-order valence-corrected chi connectivity index (χ3v) is 2.25. The van der Waals surface area contributed by atoms with Crippen LogP contribution in [0.5, 0.6) is 5.75 Å². The molecule has 1 aromatic carbocycles. The number of primary amides is 1. The maximum Gasteiger partial charge on any atom is 0.573 e. The minimum Gasteiger partial charge on any atom is -0.405 e. The highest BCUT2D eigenvalue weighted by Crippen LogP contribution is 2.30. The maximum atomic E-state index is 12.2. The maximum absolute atomic E-state index is 12.2. The Kier molecular flexibility index (Phi) is 5.05. The van der Waals surface area contributed by atoms with E-state index < -0.39 is 42.3 Å². The van der Waals surface area contributed by atoms with E-state index in [9.17, 15) is 31.1 Å². The number of nitrogens with two attached hydrogens (primary N) is 1. The molecular weight excluding hydrogens is 306 g/mol. The van der Waals surface area contributed by atoms with Gasteiger partial charge in [0, 0.05) is 5.56 Å². The van der Waals surface area contributed by atoms with Crippen LogP contribution in [0.25, 0.3) is 0 Å². The van der Waals surface area contributed by atoms with Crippen molar-refractivity contribution in [1.29, 1.82) is 0 Å². The van der Waals surface area contributed by atoms with Crippen molar-refractivity contribution in [2.75, 3.05) is 6.54 Å². The molecule has 118 valence electrons. The second-order valence-electron chi connectivity index (χ2n) is 3.92. The molecule has 1 atom stereocenters. The third-order valence-electron chi connectivity index (χ3n) is 2.25. The molecule has 0 fully saturated rings. The Hall–Kier alpha value is -1.97. The molecule has 0 bridgehead atoms. The summed E-state index contributed by atoms with van der Waals surface area (Å²) in [5.74, 6) is -2.07. The van der Waals surface area contributed by atoms with Crippen LogP contribution in [0.3, 0.4) is 0 Å². The fourth-order valence-corrected chi connectivity index (χ4v) is 1.52. The number of para-hydroxylation sites is 1. The lowest BCUT2D eigenvalue weighted by atomic mass is 10.1. The molecule has 10 heteroatoms. The summed E-state index contributed by atoms with van der Waals surface area (Å²) < 4.78 is 76.8. The van der Waals surface area contributed by atoms with E-state index in [4.69, 9.17) is 5.73 Å². The summed E-state index contributed by atoms with van der Waals surface area (Å²) in [6.45, 7) is -1.60. The number of alkyl halides is 6. The molecule has 0 aromatic heterocycles. The van der Waals surface area contributed by atoms with Gasteiger partial charge in [0.1, 0.15) is 11.8 Å². The van der Waals surface area contributed by atoms with E-state index in [0.29, 0.717) is 0 Å².